The van der Waals surface area contributed by atoms with Crippen LogP contribution in [0.5, 0.6) is 0 Å². The molecule has 19 heavy (non-hydrogen) atoms. The fourth-order valence-electron chi connectivity index (χ4n) is 2.03. The van der Waals surface area contributed by atoms with Gasteiger partial charge in [-0.05, 0) is 19.4 Å². The number of hydrogen-bond donors (Lipinski definition) is 1. The predicted molar refractivity (Wildman–Crippen MR) is 67.6 cm³/mol. The number of aliphatic carboxylic acids is 1. The van der Waals surface area contributed by atoms with Gasteiger partial charge in [-0.25, -0.2) is 4.79 Å². The molecule has 104 valence electrons. The first kappa shape index (κ1) is 14.0. The molecule has 1 fully saturated rings. The van der Waals surface area contributed by atoms with E-state index in [4.69, 9.17) is 19.3 Å². The first-order chi connectivity index (χ1) is 8.98. The number of carbonyl (C=O) groups is 1. The summed E-state index contributed by atoms with van der Waals surface area (Å²) in [6.45, 7) is 4.00. The van der Waals surface area contributed by atoms with Crippen molar-refractivity contribution in [2.45, 2.75) is 38.4 Å². The molecule has 0 radical (unpaired) electrons. The van der Waals surface area contributed by atoms with Gasteiger partial charge in [0.1, 0.15) is 6.10 Å². The van der Waals surface area contributed by atoms with Crippen LogP contribution in [0.2, 0.25) is 0 Å². The van der Waals surface area contributed by atoms with Gasteiger partial charge in [0.05, 0.1) is 13.2 Å². The van der Waals surface area contributed by atoms with Crippen LogP contribution < -0.4 is 0 Å². The van der Waals surface area contributed by atoms with Gasteiger partial charge in [0.15, 0.2) is 11.9 Å². The molecule has 1 saturated heterocycles. The molecule has 2 rings (SSSR count). The van der Waals surface area contributed by atoms with E-state index in [-0.39, 0.29) is 6.61 Å². The van der Waals surface area contributed by atoms with Gasteiger partial charge in [-0.15, -0.1) is 0 Å². The molecular formula is C14H18O5. The van der Waals surface area contributed by atoms with Gasteiger partial charge in [0.2, 0.25) is 0 Å². The minimum atomic E-state index is -1.03. The second kappa shape index (κ2) is 5.69. The number of carboxylic acids is 1. The second-order valence-electron chi connectivity index (χ2n) is 4.93. The third-order valence-electron chi connectivity index (χ3n) is 2.82. The summed E-state index contributed by atoms with van der Waals surface area (Å²) in [5.41, 5.74) is 1.03. The Morgan fingerprint density at radius 1 is 1.32 bits per heavy atom. The van der Waals surface area contributed by atoms with Crippen molar-refractivity contribution in [2.75, 3.05) is 6.61 Å². The van der Waals surface area contributed by atoms with E-state index in [2.05, 4.69) is 0 Å². The Bertz CT molecular complexity index is 429. The molecule has 0 amide bonds. The van der Waals surface area contributed by atoms with Gasteiger partial charge in [0.25, 0.3) is 0 Å². The third kappa shape index (κ3) is 3.76. The van der Waals surface area contributed by atoms with E-state index < -0.39 is 24.0 Å². The van der Waals surface area contributed by atoms with E-state index >= 15 is 0 Å². The lowest BCUT2D eigenvalue weighted by molar-refractivity contribution is -0.166. The fourth-order valence-corrected chi connectivity index (χ4v) is 2.03. The van der Waals surface area contributed by atoms with E-state index in [0.717, 1.165) is 5.56 Å². The summed E-state index contributed by atoms with van der Waals surface area (Å²) >= 11 is 0. The maximum Gasteiger partial charge on any atom is 0.335 e. The zero-order valence-electron chi connectivity index (χ0n) is 11.0. The topological polar surface area (TPSA) is 65.0 Å². The molecule has 5 nitrogen and oxygen atoms in total. The molecule has 0 bridgehead atoms. The molecule has 1 aromatic carbocycles. The summed E-state index contributed by atoms with van der Waals surface area (Å²) in [5, 5.41) is 9.07. The Balaban J connectivity index is 1.86. The quantitative estimate of drug-likeness (QED) is 0.880. The minimum Gasteiger partial charge on any atom is -0.479 e. The van der Waals surface area contributed by atoms with Crippen molar-refractivity contribution in [3.8, 4) is 0 Å². The lowest BCUT2D eigenvalue weighted by atomic mass is 10.2. The smallest absolute Gasteiger partial charge is 0.335 e. The summed E-state index contributed by atoms with van der Waals surface area (Å²) in [4.78, 5) is 11.1. The lowest BCUT2D eigenvalue weighted by Gasteiger charge is -2.16. The van der Waals surface area contributed by atoms with E-state index in [1.165, 1.54) is 0 Å². The number of carboxylic acid groups (broad SMARTS) is 1. The molecular weight excluding hydrogens is 248 g/mol. The highest BCUT2D eigenvalue weighted by molar-refractivity contribution is 5.73. The van der Waals surface area contributed by atoms with Crippen molar-refractivity contribution in [3.63, 3.8) is 0 Å². The van der Waals surface area contributed by atoms with Crippen LogP contribution in [-0.2, 0) is 25.6 Å². The number of rotatable bonds is 5. The van der Waals surface area contributed by atoms with Crippen molar-refractivity contribution in [2.24, 2.45) is 0 Å². The zero-order valence-corrected chi connectivity index (χ0v) is 11.0. The van der Waals surface area contributed by atoms with Gasteiger partial charge >= 0.3 is 5.97 Å². The third-order valence-corrected chi connectivity index (χ3v) is 2.82. The molecule has 1 heterocycles. The monoisotopic (exact) mass is 266 g/mol. The van der Waals surface area contributed by atoms with Crippen LogP contribution in [0, 0.1) is 0 Å². The van der Waals surface area contributed by atoms with Gasteiger partial charge in [-0.3, -0.25) is 0 Å². The van der Waals surface area contributed by atoms with Crippen molar-refractivity contribution in [1.29, 1.82) is 0 Å². The van der Waals surface area contributed by atoms with Gasteiger partial charge < -0.3 is 19.3 Å². The van der Waals surface area contributed by atoms with E-state index in [0.29, 0.717) is 6.61 Å². The molecule has 1 N–H and O–H groups in total. The summed E-state index contributed by atoms with van der Waals surface area (Å²) in [6.07, 6.45) is -1.57. The lowest BCUT2D eigenvalue weighted by Crippen LogP contribution is -2.34. The molecule has 5 heteroatoms. The average Bonchev–Trinajstić information content (AvgIpc) is 2.66. The zero-order chi connectivity index (χ0) is 13.9. The Hall–Kier alpha value is -1.43. The summed E-state index contributed by atoms with van der Waals surface area (Å²) < 4.78 is 16.4. The molecule has 1 aromatic rings. The van der Waals surface area contributed by atoms with Crippen molar-refractivity contribution < 1.29 is 24.1 Å². The van der Waals surface area contributed by atoms with Crippen molar-refractivity contribution in [3.05, 3.63) is 35.9 Å². The first-order valence-corrected chi connectivity index (χ1v) is 6.18. The Morgan fingerprint density at radius 2 is 2.00 bits per heavy atom. The molecule has 0 unspecified atom stereocenters. The molecule has 1 aliphatic heterocycles. The van der Waals surface area contributed by atoms with Crippen LogP contribution in [0.3, 0.4) is 0 Å². The van der Waals surface area contributed by atoms with Gasteiger partial charge in [-0.1, -0.05) is 30.3 Å². The van der Waals surface area contributed by atoms with Crippen LogP contribution in [-0.4, -0.2) is 35.7 Å². The standard InChI is InChI=1S/C14H18O5/c1-14(2)18-11(12(19-14)13(15)16)9-17-8-10-6-4-3-5-7-10/h3-7,11-12H,8-9H2,1-2H3,(H,15,16)/t11-,12+/m1/s1. The highest BCUT2D eigenvalue weighted by atomic mass is 16.8. The molecule has 0 spiro atoms. The van der Waals surface area contributed by atoms with E-state index in [9.17, 15) is 4.79 Å². The fraction of sp³-hybridized carbons (Fsp3) is 0.500. The van der Waals surface area contributed by atoms with Crippen LogP contribution in [0.25, 0.3) is 0 Å². The maximum absolute atomic E-state index is 11.1. The maximum atomic E-state index is 11.1. The Kier molecular flexibility index (Phi) is 4.19. The molecule has 0 aromatic heterocycles. The van der Waals surface area contributed by atoms with Crippen LogP contribution in [0.1, 0.15) is 19.4 Å². The van der Waals surface area contributed by atoms with Gasteiger partial charge in [-0.2, -0.15) is 0 Å². The molecule has 0 saturated carbocycles. The number of hydrogen-bond acceptors (Lipinski definition) is 4. The van der Waals surface area contributed by atoms with Crippen molar-refractivity contribution >= 4 is 5.97 Å². The number of benzene rings is 1. The normalized spacial score (nSPS) is 25.4. The predicted octanol–water partition coefficient (Wildman–Crippen LogP) is 1.81. The Morgan fingerprint density at radius 3 is 2.63 bits per heavy atom. The summed E-state index contributed by atoms with van der Waals surface area (Å²) in [6, 6.07) is 9.68. The summed E-state index contributed by atoms with van der Waals surface area (Å²) in [5.74, 6) is -1.91. The molecule has 1 aliphatic rings. The van der Waals surface area contributed by atoms with Gasteiger partial charge in [0, 0.05) is 0 Å². The minimum absolute atomic E-state index is 0.190. The van der Waals surface area contributed by atoms with Crippen LogP contribution in [0.4, 0.5) is 0 Å². The SMILES string of the molecule is CC1(C)O[C@H](C(=O)O)[C@@H](COCc2ccccc2)O1. The van der Waals surface area contributed by atoms with Crippen molar-refractivity contribution in [1.82, 2.24) is 0 Å². The molecule has 2 atom stereocenters. The average molecular weight is 266 g/mol. The Labute approximate surface area is 112 Å². The largest absolute Gasteiger partial charge is 0.479 e. The highest BCUT2D eigenvalue weighted by Gasteiger charge is 2.45. The molecule has 0 aliphatic carbocycles. The highest BCUT2D eigenvalue weighted by Crippen LogP contribution is 2.28. The van der Waals surface area contributed by atoms with E-state index in [1.807, 2.05) is 30.3 Å². The van der Waals surface area contributed by atoms with E-state index in [1.54, 1.807) is 13.8 Å². The number of ether oxygens (including phenoxy) is 3. The summed E-state index contributed by atoms with van der Waals surface area (Å²) in [7, 11) is 0. The second-order valence-corrected chi connectivity index (χ2v) is 4.93. The van der Waals surface area contributed by atoms with Crippen LogP contribution >= 0.6 is 0 Å². The van der Waals surface area contributed by atoms with Crippen LogP contribution in [0.15, 0.2) is 30.3 Å². The first-order valence-electron chi connectivity index (χ1n) is 6.18.